The van der Waals surface area contributed by atoms with Gasteiger partial charge in [0.15, 0.2) is 4.96 Å². The number of halogens is 2. The van der Waals surface area contributed by atoms with Crippen molar-refractivity contribution in [1.29, 1.82) is 0 Å². The summed E-state index contributed by atoms with van der Waals surface area (Å²) >= 11 is 2.72. The number of nitrogens with zero attached hydrogens (tertiary/aromatic N) is 2. The van der Waals surface area contributed by atoms with Crippen LogP contribution in [-0.4, -0.2) is 27.6 Å². The fourth-order valence-corrected chi connectivity index (χ4v) is 3.85. The molecule has 0 atom stereocenters. The Morgan fingerprint density at radius 3 is 2.77 bits per heavy atom. The van der Waals surface area contributed by atoms with Crippen molar-refractivity contribution in [3.05, 3.63) is 69.1 Å². The van der Waals surface area contributed by atoms with Crippen molar-refractivity contribution in [2.75, 3.05) is 12.3 Å². The van der Waals surface area contributed by atoms with Gasteiger partial charge in [0.25, 0.3) is 5.56 Å². The molecule has 3 aromatic rings. The summed E-state index contributed by atoms with van der Waals surface area (Å²) in [5, 5.41) is 4.49. The monoisotopic (exact) mass is 395 g/mol. The van der Waals surface area contributed by atoms with Gasteiger partial charge < -0.3 is 5.32 Å². The number of thioether (sulfide) groups is 1. The van der Waals surface area contributed by atoms with E-state index in [-0.39, 0.29) is 17.2 Å². The van der Waals surface area contributed by atoms with Gasteiger partial charge in [-0.1, -0.05) is 0 Å². The minimum atomic E-state index is -0.631. The minimum Gasteiger partial charge on any atom is -0.355 e. The average molecular weight is 395 g/mol. The molecular formula is C17H15F2N3O2S2. The van der Waals surface area contributed by atoms with Crippen LogP contribution in [0.5, 0.6) is 0 Å². The Morgan fingerprint density at radius 1 is 1.23 bits per heavy atom. The molecule has 1 aromatic carbocycles. The van der Waals surface area contributed by atoms with Crippen LogP contribution in [-0.2, 0) is 17.0 Å². The van der Waals surface area contributed by atoms with Gasteiger partial charge in [-0.15, -0.1) is 23.1 Å². The number of nitrogens with one attached hydrogen (secondary N) is 1. The Hall–Kier alpha value is -2.26. The lowest BCUT2D eigenvalue weighted by atomic mass is 10.1. The number of hydrogen-bond donors (Lipinski definition) is 1. The van der Waals surface area contributed by atoms with E-state index < -0.39 is 11.6 Å². The molecule has 26 heavy (non-hydrogen) atoms. The molecule has 0 aliphatic rings. The molecule has 0 radical (unpaired) electrons. The van der Waals surface area contributed by atoms with Crippen LogP contribution >= 0.6 is 23.1 Å². The summed E-state index contributed by atoms with van der Waals surface area (Å²) < 4.78 is 27.6. The summed E-state index contributed by atoms with van der Waals surface area (Å²) in [7, 11) is 0. The van der Waals surface area contributed by atoms with Gasteiger partial charge in [0.05, 0.1) is 11.4 Å². The zero-order valence-corrected chi connectivity index (χ0v) is 15.2. The van der Waals surface area contributed by atoms with E-state index in [0.29, 0.717) is 34.9 Å². The number of amides is 1. The molecule has 0 aliphatic carbocycles. The largest absolute Gasteiger partial charge is 0.355 e. The second kappa shape index (κ2) is 8.41. The number of benzene rings is 1. The molecule has 0 saturated carbocycles. The highest BCUT2D eigenvalue weighted by atomic mass is 32.2. The molecular weight excluding hydrogens is 380 g/mol. The lowest BCUT2D eigenvalue weighted by Crippen LogP contribution is -2.27. The highest BCUT2D eigenvalue weighted by Gasteiger charge is 2.06. The summed E-state index contributed by atoms with van der Waals surface area (Å²) in [5.74, 6) is -0.781. The Kier molecular flexibility index (Phi) is 6.00. The summed E-state index contributed by atoms with van der Waals surface area (Å²) in [6, 6.07) is 4.76. The Labute approximate surface area is 156 Å². The molecule has 5 nitrogen and oxygen atoms in total. The van der Waals surface area contributed by atoms with E-state index in [1.807, 2.05) is 0 Å². The van der Waals surface area contributed by atoms with Crippen molar-refractivity contribution in [3.63, 3.8) is 0 Å². The molecule has 136 valence electrons. The number of thiazole rings is 1. The molecule has 0 bridgehead atoms. The van der Waals surface area contributed by atoms with E-state index in [4.69, 9.17) is 0 Å². The number of rotatable bonds is 7. The fraction of sp³-hybridized carbons (Fsp3) is 0.235. The van der Waals surface area contributed by atoms with Crippen LogP contribution in [0.4, 0.5) is 8.78 Å². The first-order valence-electron chi connectivity index (χ1n) is 7.76. The third-order valence-electron chi connectivity index (χ3n) is 3.50. The quantitative estimate of drug-likeness (QED) is 0.668. The van der Waals surface area contributed by atoms with Crippen LogP contribution in [0.2, 0.25) is 0 Å². The van der Waals surface area contributed by atoms with Gasteiger partial charge in [0, 0.05) is 36.0 Å². The third kappa shape index (κ3) is 4.89. The first kappa shape index (κ1) is 18.5. The second-order valence-corrected chi connectivity index (χ2v) is 7.37. The fourth-order valence-electron chi connectivity index (χ4n) is 2.36. The lowest BCUT2D eigenvalue weighted by molar-refractivity contribution is -0.118. The molecule has 9 heteroatoms. The van der Waals surface area contributed by atoms with E-state index in [2.05, 4.69) is 10.3 Å². The number of aromatic nitrogens is 2. The van der Waals surface area contributed by atoms with Gasteiger partial charge in [-0.3, -0.25) is 14.0 Å². The molecule has 1 N–H and O–H groups in total. The minimum absolute atomic E-state index is 0.140. The van der Waals surface area contributed by atoms with Crippen molar-refractivity contribution in [3.8, 4) is 0 Å². The van der Waals surface area contributed by atoms with Gasteiger partial charge in [-0.25, -0.2) is 13.8 Å². The zero-order valence-electron chi connectivity index (χ0n) is 13.6. The van der Waals surface area contributed by atoms with Crippen LogP contribution in [0.3, 0.4) is 0 Å². The number of carbonyl (C=O) groups excluding carboxylic acids is 1. The summed E-state index contributed by atoms with van der Waals surface area (Å²) in [6.45, 7) is 0.295. The van der Waals surface area contributed by atoms with E-state index in [1.165, 1.54) is 45.7 Å². The molecule has 1 amide bonds. The van der Waals surface area contributed by atoms with E-state index in [9.17, 15) is 18.4 Å². The van der Waals surface area contributed by atoms with E-state index >= 15 is 0 Å². The van der Waals surface area contributed by atoms with Gasteiger partial charge in [-0.05, 0) is 24.1 Å². The maximum absolute atomic E-state index is 13.1. The predicted octanol–water partition coefficient (Wildman–Crippen LogP) is 2.63. The van der Waals surface area contributed by atoms with Crippen LogP contribution in [0, 0.1) is 11.6 Å². The van der Waals surface area contributed by atoms with E-state index in [1.54, 1.807) is 11.6 Å². The topological polar surface area (TPSA) is 63.5 Å². The second-order valence-electron chi connectivity index (χ2n) is 5.51. The Bertz CT molecular complexity index is 967. The first-order valence-corrected chi connectivity index (χ1v) is 9.80. The van der Waals surface area contributed by atoms with Gasteiger partial charge >= 0.3 is 0 Å². The van der Waals surface area contributed by atoms with Crippen LogP contribution < -0.4 is 10.9 Å². The molecule has 2 heterocycles. The van der Waals surface area contributed by atoms with E-state index in [0.717, 1.165) is 6.07 Å². The SMILES string of the molecule is O=C(CSCc1cc(=O)n2ccsc2n1)NCCc1cc(F)cc(F)c1. The normalized spacial score (nSPS) is 11.0. The summed E-state index contributed by atoms with van der Waals surface area (Å²) in [6.07, 6.45) is 2.02. The smallest absolute Gasteiger partial charge is 0.258 e. The molecule has 0 fully saturated rings. The number of fused-ring (bicyclic) bond motifs is 1. The molecule has 0 aliphatic heterocycles. The Morgan fingerprint density at radius 2 is 2.00 bits per heavy atom. The maximum Gasteiger partial charge on any atom is 0.258 e. The Balaban J connectivity index is 1.43. The van der Waals surface area contributed by atoms with Gasteiger partial charge in [0.2, 0.25) is 5.91 Å². The third-order valence-corrected chi connectivity index (χ3v) is 5.22. The van der Waals surface area contributed by atoms with Crippen LogP contribution in [0.25, 0.3) is 4.96 Å². The van der Waals surface area contributed by atoms with Gasteiger partial charge in [0.1, 0.15) is 11.6 Å². The molecule has 3 rings (SSSR count). The number of hydrogen-bond acceptors (Lipinski definition) is 5. The molecule has 0 spiro atoms. The van der Waals surface area contributed by atoms with Crippen LogP contribution in [0.1, 0.15) is 11.3 Å². The average Bonchev–Trinajstić information content (AvgIpc) is 3.03. The van der Waals surface area contributed by atoms with Crippen molar-refractivity contribution in [1.82, 2.24) is 14.7 Å². The standard InChI is InChI=1S/C17H15F2N3O2S2/c18-12-5-11(6-13(19)7-12)1-2-20-15(23)10-25-9-14-8-16(24)22-3-4-26-17(22)21-14/h3-8H,1-2,9-10H2,(H,20,23). The predicted molar refractivity (Wildman–Crippen MR) is 98.6 cm³/mol. The summed E-state index contributed by atoms with van der Waals surface area (Å²) in [4.78, 5) is 28.7. The van der Waals surface area contributed by atoms with Crippen molar-refractivity contribution in [2.45, 2.75) is 12.2 Å². The molecule has 2 aromatic heterocycles. The highest BCUT2D eigenvalue weighted by Crippen LogP contribution is 2.12. The van der Waals surface area contributed by atoms with Crippen LogP contribution in [0.15, 0.2) is 40.6 Å². The number of carbonyl (C=O) groups is 1. The highest BCUT2D eigenvalue weighted by molar-refractivity contribution is 7.99. The van der Waals surface area contributed by atoms with Crippen molar-refractivity contribution >= 4 is 34.0 Å². The summed E-state index contributed by atoms with van der Waals surface area (Å²) in [5.41, 5.74) is 0.980. The van der Waals surface area contributed by atoms with Crippen molar-refractivity contribution < 1.29 is 13.6 Å². The van der Waals surface area contributed by atoms with Gasteiger partial charge in [-0.2, -0.15) is 0 Å². The maximum atomic E-state index is 13.1. The molecule has 0 unspecified atom stereocenters. The van der Waals surface area contributed by atoms with Crippen molar-refractivity contribution in [2.24, 2.45) is 0 Å². The zero-order chi connectivity index (χ0) is 18.5. The molecule has 0 saturated heterocycles. The lowest BCUT2D eigenvalue weighted by Gasteiger charge is -2.06. The first-order chi connectivity index (χ1) is 12.5.